The smallest absolute Gasteiger partial charge is 0.309 e. The molecule has 1 aliphatic rings. The first-order valence-electron chi connectivity index (χ1n) is 8.01. The Balaban J connectivity index is 2.48. The van der Waals surface area contributed by atoms with Gasteiger partial charge in [-0.05, 0) is 13.3 Å². The summed E-state index contributed by atoms with van der Waals surface area (Å²) < 4.78 is 6.80. The number of nitrogens with zero attached hydrogens (tertiary/aromatic N) is 4. The van der Waals surface area contributed by atoms with Crippen LogP contribution in [-0.4, -0.2) is 66.0 Å². The summed E-state index contributed by atoms with van der Waals surface area (Å²) >= 11 is 0. The number of anilines is 1. The Labute approximate surface area is 142 Å². The van der Waals surface area contributed by atoms with E-state index in [4.69, 9.17) is 4.74 Å². The fourth-order valence-electron chi connectivity index (χ4n) is 3.55. The van der Waals surface area contributed by atoms with E-state index in [1.807, 2.05) is 33.0 Å². The molecule has 8 heteroatoms. The monoisotopic (exact) mass is 338 g/mol. The number of aryl methyl sites for hydroxylation is 2. The molecule has 1 aliphatic heterocycles. The van der Waals surface area contributed by atoms with Gasteiger partial charge in [-0.3, -0.25) is 14.3 Å². The average Bonchev–Trinajstić information content (AvgIpc) is 2.96. The summed E-state index contributed by atoms with van der Waals surface area (Å²) in [6.07, 6.45) is 0.690. The number of amides is 1. The van der Waals surface area contributed by atoms with Crippen molar-refractivity contribution in [3.05, 3.63) is 11.3 Å². The molecule has 0 bridgehead atoms. The van der Waals surface area contributed by atoms with Crippen LogP contribution in [-0.2, 0) is 21.4 Å². The van der Waals surface area contributed by atoms with E-state index in [2.05, 4.69) is 5.10 Å². The predicted molar refractivity (Wildman–Crippen MR) is 89.0 cm³/mol. The van der Waals surface area contributed by atoms with E-state index >= 15 is 0 Å². The number of carbonyl (C=O) groups is 2. The first-order chi connectivity index (χ1) is 11.3. The van der Waals surface area contributed by atoms with Gasteiger partial charge in [0.15, 0.2) is 0 Å². The van der Waals surface area contributed by atoms with E-state index in [-0.39, 0.29) is 12.3 Å². The predicted octanol–water partition coefficient (Wildman–Crippen LogP) is 0.805. The second kappa shape index (κ2) is 7.21. The lowest BCUT2D eigenvalue weighted by Gasteiger charge is -2.29. The summed E-state index contributed by atoms with van der Waals surface area (Å²) in [4.78, 5) is 27.8. The van der Waals surface area contributed by atoms with E-state index in [9.17, 15) is 14.7 Å². The molecule has 2 atom stereocenters. The van der Waals surface area contributed by atoms with E-state index in [1.165, 1.54) is 0 Å². The van der Waals surface area contributed by atoms with Crippen molar-refractivity contribution in [2.24, 2.45) is 13.0 Å². The second-order valence-electron chi connectivity index (χ2n) is 6.37. The Kier molecular flexibility index (Phi) is 5.48. The SMILES string of the molecule is COCCCN1C(=O)C[C@@H](C(=O)O)[C@@H]1c1c(C)nn(C)c1N(C)C. The number of hydrogen-bond acceptors (Lipinski definition) is 5. The van der Waals surface area contributed by atoms with Crippen LogP contribution in [0.25, 0.3) is 0 Å². The fourth-order valence-corrected chi connectivity index (χ4v) is 3.55. The highest BCUT2D eigenvalue weighted by Crippen LogP contribution is 2.43. The summed E-state index contributed by atoms with van der Waals surface area (Å²) in [6.45, 7) is 2.86. The minimum absolute atomic E-state index is 0.0220. The van der Waals surface area contributed by atoms with Crippen LogP contribution in [0, 0.1) is 12.8 Å². The third-order valence-electron chi connectivity index (χ3n) is 4.45. The summed E-state index contributed by atoms with van der Waals surface area (Å²) in [5, 5.41) is 14.1. The molecule has 2 heterocycles. The molecule has 0 spiro atoms. The number of methoxy groups -OCH3 is 1. The van der Waals surface area contributed by atoms with Crippen molar-refractivity contribution in [3.63, 3.8) is 0 Å². The van der Waals surface area contributed by atoms with Gasteiger partial charge in [-0.25, -0.2) is 0 Å². The number of aliphatic carboxylic acids is 1. The van der Waals surface area contributed by atoms with Gasteiger partial charge >= 0.3 is 5.97 Å². The van der Waals surface area contributed by atoms with E-state index < -0.39 is 17.9 Å². The highest BCUT2D eigenvalue weighted by molar-refractivity contribution is 5.88. The topological polar surface area (TPSA) is 87.9 Å². The summed E-state index contributed by atoms with van der Waals surface area (Å²) in [5.74, 6) is -1.01. The molecule has 1 N–H and O–H groups in total. The molecule has 1 saturated heterocycles. The zero-order chi connectivity index (χ0) is 18.0. The third-order valence-corrected chi connectivity index (χ3v) is 4.45. The van der Waals surface area contributed by atoms with Gasteiger partial charge in [0, 0.05) is 53.4 Å². The van der Waals surface area contributed by atoms with Crippen LogP contribution in [0.5, 0.6) is 0 Å². The van der Waals surface area contributed by atoms with Gasteiger partial charge in [-0.1, -0.05) is 0 Å². The third kappa shape index (κ3) is 3.24. The summed E-state index contributed by atoms with van der Waals surface area (Å²) in [5.41, 5.74) is 1.57. The lowest BCUT2D eigenvalue weighted by molar-refractivity contribution is -0.142. The van der Waals surface area contributed by atoms with Gasteiger partial charge in [0.1, 0.15) is 5.82 Å². The minimum atomic E-state index is -0.949. The number of rotatable bonds is 7. The average molecular weight is 338 g/mol. The normalized spacial score (nSPS) is 20.7. The van der Waals surface area contributed by atoms with Gasteiger partial charge in [0.05, 0.1) is 17.7 Å². The zero-order valence-electron chi connectivity index (χ0n) is 14.9. The van der Waals surface area contributed by atoms with Crippen molar-refractivity contribution in [3.8, 4) is 0 Å². The molecule has 8 nitrogen and oxygen atoms in total. The molecule has 24 heavy (non-hydrogen) atoms. The van der Waals surface area contributed by atoms with Gasteiger partial charge in [0.25, 0.3) is 0 Å². The van der Waals surface area contributed by atoms with Crippen molar-refractivity contribution < 1.29 is 19.4 Å². The Morgan fingerprint density at radius 3 is 2.67 bits per heavy atom. The van der Waals surface area contributed by atoms with Crippen LogP contribution < -0.4 is 4.90 Å². The van der Waals surface area contributed by atoms with Gasteiger partial charge < -0.3 is 19.6 Å². The van der Waals surface area contributed by atoms with Crippen molar-refractivity contribution in [2.75, 3.05) is 39.3 Å². The van der Waals surface area contributed by atoms with Crippen molar-refractivity contribution >= 4 is 17.7 Å². The lowest BCUT2D eigenvalue weighted by atomic mass is 9.93. The molecule has 0 saturated carbocycles. The highest BCUT2D eigenvalue weighted by atomic mass is 16.5. The second-order valence-corrected chi connectivity index (χ2v) is 6.37. The Morgan fingerprint density at radius 2 is 2.12 bits per heavy atom. The maximum absolute atomic E-state index is 12.4. The molecule has 0 unspecified atom stereocenters. The van der Waals surface area contributed by atoms with Crippen LogP contribution in [0.15, 0.2) is 0 Å². The number of carbonyl (C=O) groups excluding carboxylic acids is 1. The van der Waals surface area contributed by atoms with Crippen molar-refractivity contribution in [2.45, 2.75) is 25.8 Å². The van der Waals surface area contributed by atoms with E-state index in [0.717, 1.165) is 17.1 Å². The summed E-state index contributed by atoms with van der Waals surface area (Å²) in [7, 11) is 7.22. The zero-order valence-corrected chi connectivity index (χ0v) is 14.9. The number of hydrogen-bond donors (Lipinski definition) is 1. The van der Waals surface area contributed by atoms with Crippen LogP contribution in [0.3, 0.4) is 0 Å². The van der Waals surface area contributed by atoms with Gasteiger partial charge in [0.2, 0.25) is 5.91 Å². The van der Waals surface area contributed by atoms with Gasteiger partial charge in [-0.15, -0.1) is 0 Å². The van der Waals surface area contributed by atoms with Crippen molar-refractivity contribution in [1.29, 1.82) is 0 Å². The van der Waals surface area contributed by atoms with Crippen molar-refractivity contribution in [1.82, 2.24) is 14.7 Å². The number of aromatic nitrogens is 2. The molecule has 134 valence electrons. The van der Waals surface area contributed by atoms with Crippen LogP contribution in [0.1, 0.15) is 30.1 Å². The first-order valence-corrected chi connectivity index (χ1v) is 8.01. The molecular formula is C16H26N4O4. The Bertz CT molecular complexity index is 626. The maximum Gasteiger partial charge on any atom is 0.309 e. The first kappa shape index (κ1) is 18.3. The molecular weight excluding hydrogens is 312 g/mol. The molecule has 2 rings (SSSR count). The highest BCUT2D eigenvalue weighted by Gasteiger charge is 2.47. The van der Waals surface area contributed by atoms with Crippen LogP contribution in [0.2, 0.25) is 0 Å². The van der Waals surface area contributed by atoms with E-state index in [0.29, 0.717) is 19.6 Å². The number of likely N-dealkylation sites (tertiary alicyclic amines) is 1. The minimum Gasteiger partial charge on any atom is -0.481 e. The molecule has 0 radical (unpaired) electrons. The quantitative estimate of drug-likeness (QED) is 0.740. The number of ether oxygens (including phenoxy) is 1. The Hall–Kier alpha value is -2.09. The molecule has 0 aromatic carbocycles. The number of carboxylic acids is 1. The number of carboxylic acid groups (broad SMARTS) is 1. The molecule has 1 aromatic heterocycles. The molecule has 1 amide bonds. The standard InChI is InChI=1S/C16H26N4O4/c1-10-13(15(18(2)3)19(4)17-10)14-11(16(22)23)9-12(21)20(14)7-6-8-24-5/h11,14H,6-9H2,1-5H3,(H,22,23)/t11-,14-/m1/s1. The maximum atomic E-state index is 12.4. The largest absolute Gasteiger partial charge is 0.481 e. The van der Waals surface area contributed by atoms with Crippen LogP contribution >= 0.6 is 0 Å². The molecule has 1 fully saturated rings. The van der Waals surface area contributed by atoms with Crippen LogP contribution in [0.4, 0.5) is 5.82 Å². The molecule has 0 aliphatic carbocycles. The van der Waals surface area contributed by atoms with Gasteiger partial charge in [-0.2, -0.15) is 5.10 Å². The molecule has 1 aromatic rings. The Morgan fingerprint density at radius 1 is 1.46 bits per heavy atom. The van der Waals surface area contributed by atoms with E-state index in [1.54, 1.807) is 16.7 Å². The lowest BCUT2D eigenvalue weighted by Crippen LogP contribution is -2.33. The fraction of sp³-hybridized carbons (Fsp3) is 0.688. The summed E-state index contributed by atoms with van der Waals surface area (Å²) in [6, 6.07) is -0.502.